The van der Waals surface area contributed by atoms with Gasteiger partial charge in [0.15, 0.2) is 0 Å². The van der Waals surface area contributed by atoms with Crippen molar-refractivity contribution in [3.63, 3.8) is 0 Å². The van der Waals surface area contributed by atoms with Gasteiger partial charge in [-0.3, -0.25) is 0 Å². The van der Waals surface area contributed by atoms with Gasteiger partial charge in [0.2, 0.25) is 0 Å². The summed E-state index contributed by atoms with van der Waals surface area (Å²) >= 11 is 0. The minimum Gasteiger partial charge on any atom is -0.378 e. The zero-order valence-electron chi connectivity index (χ0n) is 8.54. The van der Waals surface area contributed by atoms with Gasteiger partial charge >= 0.3 is 0 Å². The topological polar surface area (TPSA) is 35.2 Å². The Hall–Kier alpha value is -0.340. The molecule has 0 radical (unpaired) electrons. The first-order valence-electron chi connectivity index (χ1n) is 5.23. The fourth-order valence-electron chi connectivity index (χ4n) is 2.02. The van der Waals surface area contributed by atoms with Crippen molar-refractivity contribution >= 4 is 0 Å². The van der Waals surface area contributed by atoms with E-state index in [1.165, 1.54) is 0 Å². The van der Waals surface area contributed by atoms with Crippen LogP contribution in [0.4, 0.5) is 0 Å². The van der Waals surface area contributed by atoms with E-state index >= 15 is 0 Å². The van der Waals surface area contributed by atoms with Gasteiger partial charge in [0.05, 0.1) is 6.10 Å². The van der Waals surface area contributed by atoms with Gasteiger partial charge in [-0.25, -0.2) is 0 Å². The minimum atomic E-state index is 0.317. The molecule has 0 spiro atoms. The fraction of sp³-hybridized carbons (Fsp3) is 0.818. The van der Waals surface area contributed by atoms with Crippen molar-refractivity contribution in [2.24, 2.45) is 11.7 Å². The lowest BCUT2D eigenvalue weighted by atomic mass is 9.91. The van der Waals surface area contributed by atoms with E-state index in [-0.39, 0.29) is 0 Å². The monoisotopic (exact) mass is 183 g/mol. The summed E-state index contributed by atoms with van der Waals surface area (Å²) in [7, 11) is 0. The van der Waals surface area contributed by atoms with Crippen LogP contribution in [0.15, 0.2) is 12.7 Å². The molecular weight excluding hydrogens is 162 g/mol. The van der Waals surface area contributed by atoms with Crippen molar-refractivity contribution in [3.05, 3.63) is 12.7 Å². The number of hydrogen-bond acceptors (Lipinski definition) is 2. The van der Waals surface area contributed by atoms with Crippen LogP contribution in [0.3, 0.4) is 0 Å². The standard InChI is InChI=1S/C11H21NO/c1-3-4-5-6-11(12)10-7-8-13-9(10)2/h3,9-11H,1,4-8,12H2,2H3. The van der Waals surface area contributed by atoms with Crippen LogP contribution in [0, 0.1) is 5.92 Å². The quantitative estimate of drug-likeness (QED) is 0.523. The van der Waals surface area contributed by atoms with E-state index in [4.69, 9.17) is 10.5 Å². The maximum atomic E-state index is 6.10. The molecule has 2 nitrogen and oxygen atoms in total. The lowest BCUT2D eigenvalue weighted by molar-refractivity contribution is 0.0985. The predicted octanol–water partition coefficient (Wildman–Crippen LogP) is 2.10. The highest BCUT2D eigenvalue weighted by Crippen LogP contribution is 2.25. The normalized spacial score (nSPS) is 30.3. The van der Waals surface area contributed by atoms with Crippen LogP contribution in [0.5, 0.6) is 0 Å². The Kier molecular flexibility index (Phi) is 4.46. The van der Waals surface area contributed by atoms with Crippen molar-refractivity contribution in [3.8, 4) is 0 Å². The van der Waals surface area contributed by atoms with Crippen molar-refractivity contribution in [1.29, 1.82) is 0 Å². The molecule has 0 aromatic carbocycles. The molecule has 76 valence electrons. The van der Waals surface area contributed by atoms with Gasteiger partial charge in [-0.05, 0) is 32.6 Å². The lowest BCUT2D eigenvalue weighted by Gasteiger charge is -2.21. The van der Waals surface area contributed by atoms with Crippen LogP contribution in [0.1, 0.15) is 32.6 Å². The Labute approximate surface area is 81.1 Å². The molecule has 0 aromatic rings. The summed E-state index contributed by atoms with van der Waals surface area (Å²) in [5.74, 6) is 0.574. The number of ether oxygens (including phenoxy) is 1. The molecule has 1 heterocycles. The smallest absolute Gasteiger partial charge is 0.0590 e. The van der Waals surface area contributed by atoms with E-state index in [1.54, 1.807) is 0 Å². The molecule has 13 heavy (non-hydrogen) atoms. The van der Waals surface area contributed by atoms with Crippen molar-refractivity contribution in [2.45, 2.75) is 44.8 Å². The summed E-state index contributed by atoms with van der Waals surface area (Å²) in [6.45, 7) is 6.72. The summed E-state index contributed by atoms with van der Waals surface area (Å²) in [5, 5.41) is 0. The molecule has 1 saturated heterocycles. The second kappa shape index (κ2) is 5.40. The Balaban J connectivity index is 2.21. The van der Waals surface area contributed by atoms with Crippen LogP contribution in [-0.2, 0) is 4.74 Å². The average Bonchev–Trinajstić information content (AvgIpc) is 2.52. The van der Waals surface area contributed by atoms with Crippen molar-refractivity contribution in [1.82, 2.24) is 0 Å². The number of nitrogens with two attached hydrogens (primary N) is 1. The molecule has 0 aliphatic carbocycles. The summed E-state index contributed by atoms with van der Waals surface area (Å²) in [5.41, 5.74) is 6.10. The molecule has 0 bridgehead atoms. The highest BCUT2D eigenvalue weighted by atomic mass is 16.5. The first kappa shape index (κ1) is 10.7. The molecule has 0 amide bonds. The van der Waals surface area contributed by atoms with E-state index in [9.17, 15) is 0 Å². The van der Waals surface area contributed by atoms with E-state index in [0.717, 1.165) is 32.3 Å². The minimum absolute atomic E-state index is 0.317. The Morgan fingerprint density at radius 1 is 1.69 bits per heavy atom. The zero-order chi connectivity index (χ0) is 9.68. The highest BCUT2D eigenvalue weighted by molar-refractivity contribution is 4.82. The molecule has 1 rings (SSSR count). The number of rotatable bonds is 5. The van der Waals surface area contributed by atoms with Gasteiger partial charge in [-0.2, -0.15) is 0 Å². The maximum absolute atomic E-state index is 6.10. The predicted molar refractivity (Wildman–Crippen MR) is 55.5 cm³/mol. The third-order valence-electron chi connectivity index (χ3n) is 2.93. The molecule has 0 saturated carbocycles. The molecule has 2 N–H and O–H groups in total. The zero-order valence-corrected chi connectivity index (χ0v) is 8.54. The Morgan fingerprint density at radius 2 is 2.46 bits per heavy atom. The first-order chi connectivity index (χ1) is 6.25. The van der Waals surface area contributed by atoms with Crippen LogP contribution in [0.25, 0.3) is 0 Å². The van der Waals surface area contributed by atoms with E-state index < -0.39 is 0 Å². The largest absolute Gasteiger partial charge is 0.378 e. The highest BCUT2D eigenvalue weighted by Gasteiger charge is 2.28. The van der Waals surface area contributed by atoms with E-state index in [1.807, 2.05) is 6.08 Å². The van der Waals surface area contributed by atoms with Crippen LogP contribution in [-0.4, -0.2) is 18.8 Å². The van der Waals surface area contributed by atoms with Gasteiger partial charge in [0, 0.05) is 18.6 Å². The third kappa shape index (κ3) is 3.12. The van der Waals surface area contributed by atoms with Gasteiger partial charge < -0.3 is 10.5 Å². The third-order valence-corrected chi connectivity index (χ3v) is 2.93. The molecule has 1 aliphatic rings. The lowest BCUT2D eigenvalue weighted by Crippen LogP contribution is -2.34. The van der Waals surface area contributed by atoms with Crippen molar-refractivity contribution < 1.29 is 4.74 Å². The number of allylic oxidation sites excluding steroid dienone is 1. The molecule has 3 unspecified atom stereocenters. The molecule has 1 fully saturated rings. The molecule has 3 atom stereocenters. The summed E-state index contributed by atoms with van der Waals surface area (Å²) < 4.78 is 5.49. The van der Waals surface area contributed by atoms with Gasteiger partial charge in [0.1, 0.15) is 0 Å². The second-order valence-electron chi connectivity index (χ2n) is 3.91. The van der Waals surface area contributed by atoms with Crippen LogP contribution in [0.2, 0.25) is 0 Å². The van der Waals surface area contributed by atoms with Gasteiger partial charge in [0.25, 0.3) is 0 Å². The molecule has 1 aliphatic heterocycles. The molecule has 2 heteroatoms. The number of unbranched alkanes of at least 4 members (excludes halogenated alkanes) is 1. The average molecular weight is 183 g/mol. The molecule has 0 aromatic heterocycles. The van der Waals surface area contributed by atoms with Gasteiger partial charge in [-0.1, -0.05) is 6.08 Å². The summed E-state index contributed by atoms with van der Waals surface area (Å²) in [6.07, 6.45) is 6.80. The first-order valence-corrected chi connectivity index (χ1v) is 5.23. The van der Waals surface area contributed by atoms with Crippen LogP contribution >= 0.6 is 0 Å². The second-order valence-corrected chi connectivity index (χ2v) is 3.91. The van der Waals surface area contributed by atoms with Gasteiger partial charge in [-0.15, -0.1) is 6.58 Å². The summed E-state index contributed by atoms with van der Waals surface area (Å²) in [6, 6.07) is 0.317. The van der Waals surface area contributed by atoms with E-state index in [0.29, 0.717) is 18.1 Å². The Morgan fingerprint density at radius 3 is 3.00 bits per heavy atom. The number of hydrogen-bond donors (Lipinski definition) is 1. The maximum Gasteiger partial charge on any atom is 0.0590 e. The van der Waals surface area contributed by atoms with Crippen molar-refractivity contribution in [2.75, 3.05) is 6.61 Å². The Bertz CT molecular complexity index is 158. The summed E-state index contributed by atoms with van der Waals surface area (Å²) in [4.78, 5) is 0. The molecular formula is C11H21NO. The van der Waals surface area contributed by atoms with Crippen LogP contribution < -0.4 is 5.73 Å². The van der Waals surface area contributed by atoms with E-state index in [2.05, 4.69) is 13.5 Å². The SMILES string of the molecule is C=CCCCC(N)C1CCOC1C. The fourth-order valence-corrected chi connectivity index (χ4v) is 2.02.